The van der Waals surface area contributed by atoms with Crippen LogP contribution >= 0.6 is 0 Å². The second-order valence-corrected chi connectivity index (χ2v) is 11.7. The van der Waals surface area contributed by atoms with Gasteiger partial charge in [-0.05, 0) is 62.2 Å². The lowest BCUT2D eigenvalue weighted by molar-refractivity contribution is -0.137. The van der Waals surface area contributed by atoms with Crippen LogP contribution in [0.25, 0.3) is 0 Å². The SMILES string of the molecule is C[C@@H]1CN([C@@H](C)CO)C(=O)c2cc(NC(=O)Nc3ccc(C(F)(F)F)cc3)ccc2O[C@@H]1CN(C)C(=O)NC1CCCCC1. The predicted molar refractivity (Wildman–Crippen MR) is 160 cm³/mol. The lowest BCUT2D eigenvalue weighted by Crippen LogP contribution is -2.52. The molecule has 4 rings (SSSR count). The highest BCUT2D eigenvalue weighted by Crippen LogP contribution is 2.32. The Morgan fingerprint density at radius 3 is 2.34 bits per heavy atom. The number of aliphatic hydroxyl groups excluding tert-OH is 1. The maximum absolute atomic E-state index is 13.7. The van der Waals surface area contributed by atoms with Gasteiger partial charge in [0.05, 0.1) is 30.3 Å². The zero-order valence-corrected chi connectivity index (χ0v) is 25.1. The van der Waals surface area contributed by atoms with E-state index in [0.717, 1.165) is 49.9 Å². The van der Waals surface area contributed by atoms with E-state index in [1.165, 1.54) is 12.5 Å². The first-order valence-corrected chi connectivity index (χ1v) is 14.8. The van der Waals surface area contributed by atoms with Gasteiger partial charge in [0.25, 0.3) is 5.91 Å². The average Bonchev–Trinajstić information content (AvgIpc) is 2.99. The third-order valence-electron chi connectivity index (χ3n) is 8.13. The fourth-order valence-corrected chi connectivity index (χ4v) is 5.44. The van der Waals surface area contributed by atoms with E-state index < -0.39 is 35.8 Å². The highest BCUT2D eigenvalue weighted by molar-refractivity contribution is 6.02. The largest absolute Gasteiger partial charge is 0.487 e. The number of fused-ring (bicyclic) bond motifs is 1. The molecular formula is C31H40F3N5O5. The summed E-state index contributed by atoms with van der Waals surface area (Å²) in [6.45, 7) is 3.90. The summed E-state index contributed by atoms with van der Waals surface area (Å²) in [6, 6.07) is 7.28. The number of nitrogens with one attached hydrogen (secondary N) is 3. The molecule has 1 saturated carbocycles. The Balaban J connectivity index is 1.51. The van der Waals surface area contributed by atoms with Crippen LogP contribution in [0.5, 0.6) is 5.75 Å². The van der Waals surface area contributed by atoms with Crippen LogP contribution in [0.2, 0.25) is 0 Å². The van der Waals surface area contributed by atoms with Crippen LogP contribution in [-0.4, -0.2) is 77.8 Å². The summed E-state index contributed by atoms with van der Waals surface area (Å²) < 4.78 is 44.9. The van der Waals surface area contributed by atoms with Gasteiger partial charge in [-0.25, -0.2) is 9.59 Å². The minimum atomic E-state index is -4.49. The van der Waals surface area contributed by atoms with Crippen LogP contribution in [-0.2, 0) is 6.18 Å². The Morgan fingerprint density at radius 1 is 1.07 bits per heavy atom. The highest BCUT2D eigenvalue weighted by Gasteiger charge is 2.34. The monoisotopic (exact) mass is 619 g/mol. The smallest absolute Gasteiger partial charge is 0.416 e. The van der Waals surface area contributed by atoms with Crippen molar-refractivity contribution < 1.29 is 37.4 Å². The summed E-state index contributed by atoms with van der Waals surface area (Å²) in [5.74, 6) is -0.336. The first-order valence-electron chi connectivity index (χ1n) is 14.8. The minimum absolute atomic E-state index is 0.149. The number of alkyl halides is 3. The highest BCUT2D eigenvalue weighted by atomic mass is 19.4. The molecule has 1 heterocycles. The van der Waals surface area contributed by atoms with Crippen LogP contribution in [0.3, 0.4) is 0 Å². The van der Waals surface area contributed by atoms with E-state index in [1.807, 2.05) is 6.92 Å². The number of halogens is 3. The van der Waals surface area contributed by atoms with Crippen molar-refractivity contribution in [1.29, 1.82) is 0 Å². The molecule has 13 heteroatoms. The molecule has 1 aliphatic carbocycles. The van der Waals surface area contributed by atoms with Crippen molar-refractivity contribution in [2.24, 2.45) is 5.92 Å². The van der Waals surface area contributed by atoms with Gasteiger partial charge in [0.15, 0.2) is 0 Å². The third kappa shape index (κ3) is 8.34. The molecule has 0 bridgehead atoms. The first-order chi connectivity index (χ1) is 20.8. The molecule has 5 amide bonds. The summed E-state index contributed by atoms with van der Waals surface area (Å²) >= 11 is 0. The number of hydrogen-bond donors (Lipinski definition) is 4. The number of likely N-dealkylation sites (N-methyl/N-ethyl adjacent to an activating group) is 1. The first kappa shape index (κ1) is 32.9. The van der Waals surface area contributed by atoms with Crippen molar-refractivity contribution >= 4 is 29.3 Å². The molecule has 44 heavy (non-hydrogen) atoms. The number of ether oxygens (including phenoxy) is 1. The molecule has 1 fully saturated rings. The Morgan fingerprint density at radius 2 is 1.70 bits per heavy atom. The van der Waals surface area contributed by atoms with Gasteiger partial charge < -0.3 is 35.6 Å². The average molecular weight is 620 g/mol. The van der Waals surface area contributed by atoms with Crippen LogP contribution in [0.15, 0.2) is 42.5 Å². The van der Waals surface area contributed by atoms with E-state index >= 15 is 0 Å². The molecule has 0 aromatic heterocycles. The maximum Gasteiger partial charge on any atom is 0.416 e. The van der Waals surface area contributed by atoms with Gasteiger partial charge in [0, 0.05) is 36.9 Å². The zero-order chi connectivity index (χ0) is 32.0. The van der Waals surface area contributed by atoms with Gasteiger partial charge in [-0.3, -0.25) is 4.79 Å². The molecule has 4 N–H and O–H groups in total. The number of hydrogen-bond acceptors (Lipinski definition) is 5. The number of carbonyl (C=O) groups is 3. The van der Waals surface area contributed by atoms with Crippen LogP contribution in [0.1, 0.15) is 61.9 Å². The molecule has 2 aromatic rings. The fraction of sp³-hybridized carbons (Fsp3) is 0.516. The molecule has 10 nitrogen and oxygen atoms in total. The summed E-state index contributed by atoms with van der Waals surface area (Å²) in [7, 11) is 1.70. The van der Waals surface area contributed by atoms with Gasteiger partial charge >= 0.3 is 18.2 Å². The Bertz CT molecular complexity index is 1320. The van der Waals surface area contributed by atoms with E-state index in [-0.39, 0.29) is 60.4 Å². The number of aliphatic hydroxyl groups is 1. The number of amides is 5. The number of rotatable bonds is 7. The van der Waals surface area contributed by atoms with Crippen molar-refractivity contribution in [2.45, 2.75) is 70.3 Å². The number of nitrogens with zero attached hydrogens (tertiary/aromatic N) is 2. The van der Waals surface area contributed by atoms with Gasteiger partial charge in [-0.1, -0.05) is 26.2 Å². The normalized spacial score (nSPS) is 20.0. The molecule has 2 aromatic carbocycles. The molecular weight excluding hydrogens is 579 g/mol. The van der Waals surface area contributed by atoms with Crippen molar-refractivity contribution in [3.8, 4) is 5.75 Å². The predicted octanol–water partition coefficient (Wildman–Crippen LogP) is 5.54. The van der Waals surface area contributed by atoms with E-state index in [1.54, 1.807) is 35.9 Å². The molecule has 2 aliphatic rings. The van der Waals surface area contributed by atoms with Crippen LogP contribution < -0.4 is 20.7 Å². The van der Waals surface area contributed by atoms with Crippen molar-refractivity contribution in [2.75, 3.05) is 37.4 Å². The van der Waals surface area contributed by atoms with Gasteiger partial charge in [0.1, 0.15) is 11.9 Å². The second kappa shape index (κ2) is 14.2. The van der Waals surface area contributed by atoms with Crippen molar-refractivity contribution in [3.05, 3.63) is 53.6 Å². The van der Waals surface area contributed by atoms with Crippen LogP contribution in [0.4, 0.5) is 34.1 Å². The molecule has 1 aliphatic heterocycles. The topological polar surface area (TPSA) is 123 Å². The molecule has 0 saturated heterocycles. The van der Waals surface area contributed by atoms with Gasteiger partial charge in [-0.2, -0.15) is 13.2 Å². The van der Waals surface area contributed by atoms with Gasteiger partial charge in [0.2, 0.25) is 0 Å². The summed E-state index contributed by atoms with van der Waals surface area (Å²) in [5, 5.41) is 18.1. The maximum atomic E-state index is 13.7. The summed E-state index contributed by atoms with van der Waals surface area (Å²) in [4.78, 5) is 42.4. The Kier molecular flexibility index (Phi) is 10.6. The second-order valence-electron chi connectivity index (χ2n) is 11.7. The number of carbonyl (C=O) groups excluding carboxylic acids is 3. The van der Waals surface area contributed by atoms with E-state index in [2.05, 4.69) is 16.0 Å². The van der Waals surface area contributed by atoms with Crippen molar-refractivity contribution in [1.82, 2.24) is 15.1 Å². The number of benzene rings is 2. The molecule has 0 radical (unpaired) electrons. The van der Waals surface area contributed by atoms with E-state index in [4.69, 9.17) is 4.74 Å². The third-order valence-corrected chi connectivity index (χ3v) is 8.13. The van der Waals surface area contributed by atoms with Crippen molar-refractivity contribution in [3.63, 3.8) is 0 Å². The zero-order valence-electron chi connectivity index (χ0n) is 25.1. The lowest BCUT2D eigenvalue weighted by Gasteiger charge is -2.38. The van der Waals surface area contributed by atoms with Gasteiger partial charge in [-0.15, -0.1) is 0 Å². The quantitative estimate of drug-likeness (QED) is 0.324. The fourth-order valence-electron chi connectivity index (χ4n) is 5.44. The summed E-state index contributed by atoms with van der Waals surface area (Å²) in [5.41, 5.74) is -0.286. The Labute approximate surface area is 254 Å². The molecule has 3 atom stereocenters. The Hall–Kier alpha value is -4.00. The molecule has 0 spiro atoms. The molecule has 240 valence electrons. The minimum Gasteiger partial charge on any atom is -0.487 e. The van der Waals surface area contributed by atoms with E-state index in [0.29, 0.717) is 0 Å². The van der Waals surface area contributed by atoms with Crippen LogP contribution in [0, 0.1) is 5.92 Å². The number of urea groups is 2. The lowest BCUT2D eigenvalue weighted by atomic mass is 9.96. The standard InChI is InChI=1S/C31H40F3N5O5/c1-19-16-39(20(2)18-40)28(41)25-15-24(36-29(42)35-23-11-9-21(10-12-23)31(32,33)34)13-14-26(25)44-27(19)17-38(3)30(43)37-22-7-5-4-6-8-22/h9-15,19-20,22,27,40H,4-8,16-18H2,1-3H3,(H,37,43)(H2,35,36,42)/t19-,20+,27-/m1/s1. The summed E-state index contributed by atoms with van der Waals surface area (Å²) in [6.07, 6.45) is 0.293. The number of anilines is 2. The van der Waals surface area contributed by atoms with E-state index in [9.17, 15) is 32.7 Å². The molecule has 0 unspecified atom stereocenters.